The Kier molecular flexibility index (Phi) is 10.3. The lowest BCUT2D eigenvalue weighted by Gasteiger charge is -2.29. The third-order valence-electron chi connectivity index (χ3n) is 3.23. The maximum absolute atomic E-state index is 12.0. The molecule has 0 spiro atoms. The minimum absolute atomic E-state index is 0. The molecule has 2 rings (SSSR count). The second-order valence-electron chi connectivity index (χ2n) is 4.50. The lowest BCUT2D eigenvalue weighted by atomic mass is 10.3. The Morgan fingerprint density at radius 2 is 1.65 bits per heavy atom. The van der Waals surface area contributed by atoms with Gasteiger partial charge in [-0.05, 0) is 0 Å². The first-order chi connectivity index (χ1) is 8.68. The van der Waals surface area contributed by atoms with Gasteiger partial charge < -0.3 is 10.1 Å². The van der Waals surface area contributed by atoms with Gasteiger partial charge in [-0.3, -0.25) is 4.90 Å². The van der Waals surface area contributed by atoms with Gasteiger partial charge in [-0.15, -0.1) is 24.8 Å². The number of piperazine rings is 1. The van der Waals surface area contributed by atoms with E-state index in [1.807, 2.05) is 0 Å². The molecule has 0 radical (unpaired) electrons. The molecular formula is C10H24Cl2N4O3S. The van der Waals surface area contributed by atoms with Crippen LogP contribution in [0, 0.1) is 0 Å². The quantitative estimate of drug-likeness (QED) is 0.658. The van der Waals surface area contributed by atoms with Gasteiger partial charge in [-0.1, -0.05) is 0 Å². The molecule has 0 aromatic heterocycles. The Hall–Kier alpha value is 0.330. The van der Waals surface area contributed by atoms with Crippen LogP contribution in [0.25, 0.3) is 0 Å². The fourth-order valence-corrected chi connectivity index (χ4v) is 3.31. The highest BCUT2D eigenvalue weighted by Gasteiger charge is 2.23. The van der Waals surface area contributed by atoms with Crippen molar-refractivity contribution in [1.29, 1.82) is 0 Å². The van der Waals surface area contributed by atoms with E-state index in [-0.39, 0.29) is 24.8 Å². The molecule has 20 heavy (non-hydrogen) atoms. The van der Waals surface area contributed by atoms with E-state index >= 15 is 0 Å². The number of hydrogen-bond acceptors (Lipinski definition) is 5. The molecule has 0 aromatic carbocycles. The third kappa shape index (κ3) is 6.40. The van der Waals surface area contributed by atoms with Crippen molar-refractivity contribution in [3.05, 3.63) is 0 Å². The summed E-state index contributed by atoms with van der Waals surface area (Å²) in [5, 5.41) is 3.27. The zero-order valence-electron chi connectivity index (χ0n) is 11.4. The fourth-order valence-electron chi connectivity index (χ4n) is 2.15. The monoisotopic (exact) mass is 350 g/mol. The summed E-state index contributed by atoms with van der Waals surface area (Å²) in [6, 6.07) is 0. The van der Waals surface area contributed by atoms with E-state index in [0.29, 0.717) is 32.8 Å². The summed E-state index contributed by atoms with van der Waals surface area (Å²) in [5.41, 5.74) is 0. The smallest absolute Gasteiger partial charge is 0.279 e. The van der Waals surface area contributed by atoms with Crippen LogP contribution in [0.4, 0.5) is 0 Å². The normalized spacial score (nSPS) is 21.8. The SMILES string of the molecule is Cl.Cl.O=S(=O)(NCCN1CCNCC1)N1CCOCC1. The molecule has 0 aromatic rings. The molecule has 2 heterocycles. The number of nitrogens with one attached hydrogen (secondary N) is 2. The van der Waals surface area contributed by atoms with Crippen LogP contribution in [0.3, 0.4) is 0 Å². The minimum Gasteiger partial charge on any atom is -0.379 e. The third-order valence-corrected chi connectivity index (χ3v) is 4.85. The highest BCUT2D eigenvalue weighted by atomic mass is 35.5. The van der Waals surface area contributed by atoms with Crippen molar-refractivity contribution in [3.8, 4) is 0 Å². The standard InChI is InChI=1S/C10H22N4O3S.2ClH/c15-18(16,14-7-9-17-10-8-14)12-3-6-13-4-1-11-2-5-13;;/h11-12H,1-10H2;2*1H. The Morgan fingerprint density at radius 1 is 1.05 bits per heavy atom. The van der Waals surface area contributed by atoms with Crippen molar-refractivity contribution >= 4 is 35.0 Å². The van der Waals surface area contributed by atoms with Crippen molar-refractivity contribution < 1.29 is 13.2 Å². The van der Waals surface area contributed by atoms with Crippen molar-refractivity contribution in [2.24, 2.45) is 0 Å². The van der Waals surface area contributed by atoms with E-state index in [9.17, 15) is 8.42 Å². The molecule has 10 heteroatoms. The van der Waals surface area contributed by atoms with E-state index < -0.39 is 10.2 Å². The predicted molar refractivity (Wildman–Crippen MR) is 83.1 cm³/mol. The molecule has 2 aliphatic heterocycles. The Labute approximate surface area is 133 Å². The molecule has 0 saturated carbocycles. The van der Waals surface area contributed by atoms with E-state index in [1.54, 1.807) is 0 Å². The van der Waals surface area contributed by atoms with Crippen molar-refractivity contribution in [2.45, 2.75) is 0 Å². The molecular weight excluding hydrogens is 327 g/mol. The molecule has 0 amide bonds. The average molecular weight is 351 g/mol. The number of nitrogens with zero attached hydrogens (tertiary/aromatic N) is 2. The Balaban J connectivity index is 0.00000180. The summed E-state index contributed by atoms with van der Waals surface area (Å²) in [5.74, 6) is 0. The van der Waals surface area contributed by atoms with Gasteiger partial charge in [0.15, 0.2) is 0 Å². The Bertz CT molecular complexity index is 346. The molecule has 0 aliphatic carbocycles. The van der Waals surface area contributed by atoms with Gasteiger partial charge in [-0.25, -0.2) is 4.72 Å². The van der Waals surface area contributed by atoms with Crippen LogP contribution in [0.1, 0.15) is 0 Å². The van der Waals surface area contributed by atoms with Crippen LogP contribution in [-0.4, -0.2) is 83.2 Å². The maximum atomic E-state index is 12.0. The van der Waals surface area contributed by atoms with Gasteiger partial charge >= 0.3 is 0 Å². The largest absolute Gasteiger partial charge is 0.379 e. The van der Waals surface area contributed by atoms with Gasteiger partial charge in [0.1, 0.15) is 0 Å². The first-order valence-electron chi connectivity index (χ1n) is 6.44. The molecule has 122 valence electrons. The summed E-state index contributed by atoms with van der Waals surface area (Å²) in [6.07, 6.45) is 0. The number of ether oxygens (including phenoxy) is 1. The zero-order chi connectivity index (χ0) is 12.8. The van der Waals surface area contributed by atoms with E-state index in [1.165, 1.54) is 4.31 Å². The summed E-state index contributed by atoms with van der Waals surface area (Å²) in [4.78, 5) is 2.26. The van der Waals surface area contributed by atoms with Crippen molar-refractivity contribution in [1.82, 2.24) is 19.2 Å². The second-order valence-corrected chi connectivity index (χ2v) is 6.26. The Morgan fingerprint density at radius 3 is 2.25 bits per heavy atom. The van der Waals surface area contributed by atoms with E-state index in [4.69, 9.17) is 4.74 Å². The van der Waals surface area contributed by atoms with Gasteiger partial charge in [-0.2, -0.15) is 12.7 Å². The number of hydrogen-bond donors (Lipinski definition) is 2. The molecule has 2 N–H and O–H groups in total. The predicted octanol–water partition coefficient (Wildman–Crippen LogP) is -1.10. The fraction of sp³-hybridized carbons (Fsp3) is 1.00. The van der Waals surface area contributed by atoms with Crippen LogP contribution in [-0.2, 0) is 14.9 Å². The lowest BCUT2D eigenvalue weighted by molar-refractivity contribution is 0.0724. The van der Waals surface area contributed by atoms with Gasteiger partial charge in [0.05, 0.1) is 13.2 Å². The summed E-state index contributed by atoms with van der Waals surface area (Å²) < 4.78 is 33.2. The number of halogens is 2. The van der Waals surface area contributed by atoms with Crippen LogP contribution < -0.4 is 10.0 Å². The first-order valence-corrected chi connectivity index (χ1v) is 7.88. The van der Waals surface area contributed by atoms with Crippen molar-refractivity contribution in [2.75, 3.05) is 65.6 Å². The van der Waals surface area contributed by atoms with Crippen molar-refractivity contribution in [3.63, 3.8) is 0 Å². The first kappa shape index (κ1) is 20.3. The summed E-state index contributed by atoms with van der Waals surface area (Å²) in [6.45, 7) is 7.04. The molecule has 0 atom stereocenters. The molecule has 0 bridgehead atoms. The molecule has 2 saturated heterocycles. The lowest BCUT2D eigenvalue weighted by Crippen LogP contribution is -2.50. The maximum Gasteiger partial charge on any atom is 0.279 e. The van der Waals surface area contributed by atoms with Gasteiger partial charge in [0, 0.05) is 52.4 Å². The van der Waals surface area contributed by atoms with Crippen LogP contribution >= 0.6 is 24.8 Å². The van der Waals surface area contributed by atoms with E-state index in [0.717, 1.165) is 32.7 Å². The minimum atomic E-state index is -3.32. The van der Waals surface area contributed by atoms with Gasteiger partial charge in [0.2, 0.25) is 0 Å². The number of rotatable bonds is 5. The topological polar surface area (TPSA) is 73.9 Å². The highest BCUT2D eigenvalue weighted by Crippen LogP contribution is 2.02. The second kappa shape index (κ2) is 10.1. The van der Waals surface area contributed by atoms with Crippen LogP contribution in [0.15, 0.2) is 0 Å². The van der Waals surface area contributed by atoms with E-state index in [2.05, 4.69) is 14.9 Å². The molecule has 0 unspecified atom stereocenters. The average Bonchev–Trinajstić information content (AvgIpc) is 2.41. The van der Waals surface area contributed by atoms with Crippen LogP contribution in [0.5, 0.6) is 0 Å². The molecule has 2 fully saturated rings. The zero-order valence-corrected chi connectivity index (χ0v) is 13.9. The number of morpholine rings is 1. The molecule has 2 aliphatic rings. The summed E-state index contributed by atoms with van der Waals surface area (Å²) >= 11 is 0. The van der Waals surface area contributed by atoms with Gasteiger partial charge in [0.25, 0.3) is 10.2 Å². The summed E-state index contributed by atoms with van der Waals surface area (Å²) in [7, 11) is -3.32. The highest BCUT2D eigenvalue weighted by molar-refractivity contribution is 7.87. The van der Waals surface area contributed by atoms with Crippen LogP contribution in [0.2, 0.25) is 0 Å². The molecule has 7 nitrogen and oxygen atoms in total.